The molecule has 1 N–H and O–H groups in total. The number of carboxylic acids is 1. The third-order valence-corrected chi connectivity index (χ3v) is 3.89. The minimum absolute atomic E-state index is 0.0612. The van der Waals surface area contributed by atoms with Crippen molar-refractivity contribution in [3.63, 3.8) is 0 Å². The van der Waals surface area contributed by atoms with Gasteiger partial charge in [-0.25, -0.2) is 0 Å². The van der Waals surface area contributed by atoms with Gasteiger partial charge in [0.25, 0.3) is 0 Å². The summed E-state index contributed by atoms with van der Waals surface area (Å²) in [6, 6.07) is 0.558. The molecule has 17 heavy (non-hydrogen) atoms. The molecular formula is C14H27NO2. The maximum atomic E-state index is 10.8. The van der Waals surface area contributed by atoms with E-state index in [0.29, 0.717) is 18.5 Å². The van der Waals surface area contributed by atoms with Crippen LogP contribution in [0.1, 0.15) is 59.8 Å². The van der Waals surface area contributed by atoms with E-state index in [4.69, 9.17) is 5.11 Å². The molecule has 2 atom stereocenters. The van der Waals surface area contributed by atoms with Crippen molar-refractivity contribution < 1.29 is 9.90 Å². The Hall–Kier alpha value is -0.570. The Kier molecular flexibility index (Phi) is 4.99. The number of carbonyl (C=O) groups is 1. The van der Waals surface area contributed by atoms with Gasteiger partial charge in [0.15, 0.2) is 0 Å². The van der Waals surface area contributed by atoms with Crippen LogP contribution in [0.2, 0.25) is 0 Å². The number of hydrogen-bond donors (Lipinski definition) is 1. The fourth-order valence-electron chi connectivity index (χ4n) is 2.97. The highest BCUT2D eigenvalue weighted by Crippen LogP contribution is 2.32. The first-order chi connectivity index (χ1) is 7.82. The molecule has 1 rings (SSSR count). The number of carboxylic acid groups (broad SMARTS) is 1. The molecule has 1 aliphatic carbocycles. The summed E-state index contributed by atoms with van der Waals surface area (Å²) < 4.78 is 0. The molecule has 0 aliphatic heterocycles. The van der Waals surface area contributed by atoms with Gasteiger partial charge in [0.05, 0.1) is 6.42 Å². The second-order valence-electron chi connectivity index (χ2n) is 6.34. The summed E-state index contributed by atoms with van der Waals surface area (Å²) in [4.78, 5) is 13.2. The molecular weight excluding hydrogens is 214 g/mol. The van der Waals surface area contributed by atoms with E-state index in [9.17, 15) is 4.79 Å². The smallest absolute Gasteiger partial charge is 0.304 e. The SMILES string of the molecule is CC1CCCCC1N(CCC(=O)O)C(C)(C)C. The van der Waals surface area contributed by atoms with Gasteiger partial charge in [-0.15, -0.1) is 0 Å². The second-order valence-corrected chi connectivity index (χ2v) is 6.34. The van der Waals surface area contributed by atoms with Crippen LogP contribution >= 0.6 is 0 Å². The zero-order valence-corrected chi connectivity index (χ0v) is 11.7. The van der Waals surface area contributed by atoms with Crippen molar-refractivity contribution in [2.45, 2.75) is 71.4 Å². The van der Waals surface area contributed by atoms with E-state index in [0.717, 1.165) is 0 Å². The van der Waals surface area contributed by atoms with E-state index in [1.165, 1.54) is 25.7 Å². The zero-order chi connectivity index (χ0) is 13.1. The molecule has 3 heteroatoms. The lowest BCUT2D eigenvalue weighted by Crippen LogP contribution is -2.52. The van der Waals surface area contributed by atoms with Crippen molar-refractivity contribution >= 4 is 5.97 Å². The molecule has 0 amide bonds. The minimum atomic E-state index is -0.692. The first-order valence-electron chi connectivity index (χ1n) is 6.81. The molecule has 0 saturated heterocycles. The van der Waals surface area contributed by atoms with Gasteiger partial charge < -0.3 is 5.11 Å². The van der Waals surface area contributed by atoms with Gasteiger partial charge in [0, 0.05) is 18.1 Å². The van der Waals surface area contributed by atoms with Crippen molar-refractivity contribution in [1.29, 1.82) is 0 Å². The van der Waals surface area contributed by atoms with Crippen molar-refractivity contribution in [3.05, 3.63) is 0 Å². The number of rotatable bonds is 4. The maximum Gasteiger partial charge on any atom is 0.304 e. The quantitative estimate of drug-likeness (QED) is 0.822. The maximum absolute atomic E-state index is 10.8. The van der Waals surface area contributed by atoms with Crippen LogP contribution in [-0.2, 0) is 4.79 Å². The van der Waals surface area contributed by atoms with E-state index < -0.39 is 5.97 Å². The monoisotopic (exact) mass is 241 g/mol. The third-order valence-electron chi connectivity index (χ3n) is 3.89. The van der Waals surface area contributed by atoms with Crippen molar-refractivity contribution in [2.24, 2.45) is 5.92 Å². The highest BCUT2D eigenvalue weighted by molar-refractivity contribution is 5.66. The normalized spacial score (nSPS) is 26.2. The lowest BCUT2D eigenvalue weighted by atomic mass is 9.83. The number of aliphatic carboxylic acids is 1. The predicted molar refractivity (Wildman–Crippen MR) is 70.1 cm³/mol. The average Bonchev–Trinajstić information content (AvgIpc) is 2.18. The number of hydrogen-bond acceptors (Lipinski definition) is 2. The van der Waals surface area contributed by atoms with E-state index in [1.807, 2.05) is 0 Å². The Morgan fingerprint density at radius 3 is 2.35 bits per heavy atom. The van der Waals surface area contributed by atoms with Crippen molar-refractivity contribution in [2.75, 3.05) is 6.54 Å². The average molecular weight is 241 g/mol. The molecule has 1 saturated carbocycles. The van der Waals surface area contributed by atoms with Crippen LogP contribution < -0.4 is 0 Å². The van der Waals surface area contributed by atoms with Crippen LogP contribution in [0.25, 0.3) is 0 Å². The first-order valence-corrected chi connectivity index (χ1v) is 6.81. The molecule has 1 fully saturated rings. The molecule has 0 heterocycles. The fraction of sp³-hybridized carbons (Fsp3) is 0.929. The third kappa shape index (κ3) is 4.30. The van der Waals surface area contributed by atoms with Crippen LogP contribution in [0, 0.1) is 5.92 Å². The molecule has 2 unspecified atom stereocenters. The van der Waals surface area contributed by atoms with E-state index in [-0.39, 0.29) is 12.0 Å². The minimum Gasteiger partial charge on any atom is -0.481 e. The molecule has 0 aromatic rings. The van der Waals surface area contributed by atoms with Crippen LogP contribution in [-0.4, -0.2) is 34.1 Å². The van der Waals surface area contributed by atoms with Crippen molar-refractivity contribution in [3.8, 4) is 0 Å². The highest BCUT2D eigenvalue weighted by atomic mass is 16.4. The first kappa shape index (κ1) is 14.5. The molecule has 3 nitrogen and oxygen atoms in total. The number of nitrogens with zero attached hydrogens (tertiary/aromatic N) is 1. The van der Waals surface area contributed by atoms with Gasteiger partial charge >= 0.3 is 5.97 Å². The van der Waals surface area contributed by atoms with Crippen LogP contribution in [0.15, 0.2) is 0 Å². The largest absolute Gasteiger partial charge is 0.481 e. The van der Waals surface area contributed by atoms with Gasteiger partial charge in [0.1, 0.15) is 0 Å². The van der Waals surface area contributed by atoms with E-state index in [2.05, 4.69) is 32.6 Å². The Bertz CT molecular complexity index is 257. The van der Waals surface area contributed by atoms with Gasteiger partial charge in [-0.3, -0.25) is 9.69 Å². The van der Waals surface area contributed by atoms with Gasteiger partial charge in [-0.2, -0.15) is 0 Å². The summed E-state index contributed by atoms with van der Waals surface area (Å²) in [5.74, 6) is -0.000479. The summed E-state index contributed by atoms with van der Waals surface area (Å²) in [5.41, 5.74) is 0.0612. The Morgan fingerprint density at radius 2 is 1.88 bits per heavy atom. The van der Waals surface area contributed by atoms with Crippen LogP contribution in [0.5, 0.6) is 0 Å². The second kappa shape index (κ2) is 5.85. The Labute approximate surface area is 105 Å². The topological polar surface area (TPSA) is 40.5 Å². The van der Waals surface area contributed by atoms with Gasteiger partial charge in [-0.1, -0.05) is 19.8 Å². The lowest BCUT2D eigenvalue weighted by molar-refractivity contribution is -0.138. The molecule has 0 aromatic heterocycles. The zero-order valence-electron chi connectivity index (χ0n) is 11.7. The van der Waals surface area contributed by atoms with Gasteiger partial charge in [-0.05, 0) is 39.5 Å². The summed E-state index contributed by atoms with van der Waals surface area (Å²) in [6.07, 6.45) is 5.37. The lowest BCUT2D eigenvalue weighted by Gasteiger charge is -2.46. The molecule has 100 valence electrons. The van der Waals surface area contributed by atoms with Gasteiger partial charge in [0.2, 0.25) is 0 Å². The van der Waals surface area contributed by atoms with Crippen LogP contribution in [0.3, 0.4) is 0 Å². The highest BCUT2D eigenvalue weighted by Gasteiger charge is 2.33. The molecule has 0 aromatic carbocycles. The standard InChI is InChI=1S/C14H27NO2/c1-11-7-5-6-8-12(11)15(14(2,3)4)10-9-13(16)17/h11-12H,5-10H2,1-4H3,(H,16,17). The summed E-state index contributed by atoms with van der Waals surface area (Å²) in [7, 11) is 0. The van der Waals surface area contributed by atoms with E-state index >= 15 is 0 Å². The molecule has 1 aliphatic rings. The summed E-state index contributed by atoms with van der Waals surface area (Å²) >= 11 is 0. The molecule has 0 radical (unpaired) electrons. The molecule has 0 spiro atoms. The van der Waals surface area contributed by atoms with E-state index in [1.54, 1.807) is 0 Å². The predicted octanol–water partition coefficient (Wildman–Crippen LogP) is 3.14. The summed E-state index contributed by atoms with van der Waals surface area (Å²) in [6.45, 7) is 9.56. The Balaban J connectivity index is 2.70. The van der Waals surface area contributed by atoms with Crippen LogP contribution in [0.4, 0.5) is 0 Å². The fourth-order valence-corrected chi connectivity index (χ4v) is 2.97. The Morgan fingerprint density at radius 1 is 1.29 bits per heavy atom. The molecule has 0 bridgehead atoms. The van der Waals surface area contributed by atoms with Crippen molar-refractivity contribution in [1.82, 2.24) is 4.90 Å². The summed E-state index contributed by atoms with van der Waals surface area (Å²) in [5, 5.41) is 8.87.